The lowest BCUT2D eigenvalue weighted by Crippen LogP contribution is -2.40. The largest absolute Gasteiger partial charge is 0.359 e. The van der Waals surface area contributed by atoms with E-state index >= 15 is 0 Å². The van der Waals surface area contributed by atoms with Gasteiger partial charge in [0.15, 0.2) is 5.17 Å². The predicted molar refractivity (Wildman–Crippen MR) is 69.9 cm³/mol. The molecular weight excluding hydrogens is 222 g/mol. The smallest absolute Gasteiger partial charge is 0.241 e. The first-order chi connectivity index (χ1) is 7.45. The van der Waals surface area contributed by atoms with E-state index in [0.29, 0.717) is 0 Å². The van der Waals surface area contributed by atoms with Crippen LogP contribution in [0, 0.1) is 0 Å². The van der Waals surface area contributed by atoms with Crippen molar-refractivity contribution in [1.29, 1.82) is 0 Å². The monoisotopic (exact) mass is 243 g/mol. The number of carbonyl (C=O) groups is 1. The summed E-state index contributed by atoms with van der Waals surface area (Å²) in [6, 6.07) is 0.179. The van der Waals surface area contributed by atoms with E-state index in [4.69, 9.17) is 0 Å². The van der Waals surface area contributed by atoms with Gasteiger partial charge in [0, 0.05) is 17.3 Å². The van der Waals surface area contributed by atoms with Gasteiger partial charge in [0.2, 0.25) is 5.91 Å². The third-order valence-corrected chi connectivity index (χ3v) is 3.82. The molecule has 1 saturated heterocycles. The molecule has 2 N–H and O–H groups in total. The van der Waals surface area contributed by atoms with E-state index in [-0.39, 0.29) is 24.0 Å². The van der Waals surface area contributed by atoms with Crippen LogP contribution in [0.5, 0.6) is 0 Å². The topological polar surface area (TPSA) is 53.5 Å². The highest BCUT2D eigenvalue weighted by Gasteiger charge is 2.30. The van der Waals surface area contributed by atoms with Gasteiger partial charge in [-0.2, -0.15) is 0 Å². The molecule has 0 aromatic rings. The SMILES string of the molecule is CCC1(C)CSC(=NCC(=O)NC(C)C)N1. The van der Waals surface area contributed by atoms with Crippen LogP contribution < -0.4 is 10.6 Å². The standard InChI is InChI=1S/C11H21N3OS/c1-5-11(4)7-16-10(14-11)12-6-9(15)13-8(2)3/h8H,5-7H2,1-4H3,(H,12,14)(H,13,15). The predicted octanol–water partition coefficient (Wildman–Crippen LogP) is 1.37. The van der Waals surface area contributed by atoms with Gasteiger partial charge in [-0.15, -0.1) is 0 Å². The summed E-state index contributed by atoms with van der Waals surface area (Å²) in [5, 5.41) is 7.07. The van der Waals surface area contributed by atoms with Crippen molar-refractivity contribution < 1.29 is 4.79 Å². The third kappa shape index (κ3) is 4.04. The molecule has 0 radical (unpaired) electrons. The van der Waals surface area contributed by atoms with Crippen LogP contribution in [0.1, 0.15) is 34.1 Å². The minimum atomic E-state index is -0.0185. The molecule has 0 spiro atoms. The summed E-state index contributed by atoms with van der Waals surface area (Å²) < 4.78 is 0. The zero-order valence-electron chi connectivity index (χ0n) is 10.5. The lowest BCUT2D eigenvalue weighted by molar-refractivity contribution is -0.120. The van der Waals surface area contributed by atoms with Crippen LogP contribution in [-0.4, -0.2) is 35.0 Å². The Morgan fingerprint density at radius 2 is 2.38 bits per heavy atom. The van der Waals surface area contributed by atoms with E-state index in [1.54, 1.807) is 11.8 Å². The van der Waals surface area contributed by atoms with Gasteiger partial charge < -0.3 is 10.6 Å². The van der Waals surface area contributed by atoms with Crippen molar-refractivity contribution >= 4 is 22.8 Å². The van der Waals surface area contributed by atoms with Crippen molar-refractivity contribution in [3.63, 3.8) is 0 Å². The zero-order valence-corrected chi connectivity index (χ0v) is 11.3. The van der Waals surface area contributed by atoms with Gasteiger partial charge in [-0.25, -0.2) is 0 Å². The second-order valence-electron chi connectivity index (χ2n) is 4.67. The summed E-state index contributed by atoms with van der Waals surface area (Å²) in [4.78, 5) is 15.7. The van der Waals surface area contributed by atoms with E-state index in [2.05, 4.69) is 29.5 Å². The first-order valence-corrected chi connectivity index (χ1v) is 6.68. The lowest BCUT2D eigenvalue weighted by atomic mass is 10.0. The number of hydrogen-bond acceptors (Lipinski definition) is 3. The Kier molecular flexibility index (Phi) is 4.65. The van der Waals surface area contributed by atoms with Crippen molar-refractivity contribution in [2.45, 2.75) is 45.7 Å². The number of nitrogens with one attached hydrogen (secondary N) is 2. The number of nitrogens with zero attached hydrogens (tertiary/aromatic N) is 1. The van der Waals surface area contributed by atoms with Gasteiger partial charge in [0.05, 0.1) is 0 Å². The van der Waals surface area contributed by atoms with Crippen LogP contribution in [0.15, 0.2) is 4.99 Å². The van der Waals surface area contributed by atoms with Crippen LogP contribution in [0.3, 0.4) is 0 Å². The van der Waals surface area contributed by atoms with Crippen LogP contribution >= 0.6 is 11.8 Å². The minimum Gasteiger partial charge on any atom is -0.359 e. The maximum atomic E-state index is 11.4. The minimum absolute atomic E-state index is 0.0185. The number of amidine groups is 1. The number of amides is 1. The van der Waals surface area contributed by atoms with Gasteiger partial charge in [-0.1, -0.05) is 18.7 Å². The summed E-state index contributed by atoms with van der Waals surface area (Å²) in [6.07, 6.45) is 1.07. The van der Waals surface area contributed by atoms with E-state index in [9.17, 15) is 4.79 Å². The molecule has 1 aliphatic heterocycles. The highest BCUT2D eigenvalue weighted by Crippen LogP contribution is 2.25. The molecular formula is C11H21N3OS. The van der Waals surface area contributed by atoms with Gasteiger partial charge in [-0.05, 0) is 27.2 Å². The molecule has 1 heterocycles. The first kappa shape index (κ1) is 13.4. The zero-order chi connectivity index (χ0) is 12.2. The molecule has 16 heavy (non-hydrogen) atoms. The van der Waals surface area contributed by atoms with Crippen molar-refractivity contribution in [3.05, 3.63) is 0 Å². The van der Waals surface area contributed by atoms with Gasteiger partial charge in [0.1, 0.15) is 6.54 Å². The Labute approximate surface area is 102 Å². The Morgan fingerprint density at radius 1 is 1.69 bits per heavy atom. The average Bonchev–Trinajstić information content (AvgIpc) is 2.57. The summed E-state index contributed by atoms with van der Waals surface area (Å²) in [5.74, 6) is 1.00. The molecule has 0 bridgehead atoms. The number of rotatable bonds is 4. The fourth-order valence-electron chi connectivity index (χ4n) is 1.34. The van der Waals surface area contributed by atoms with Gasteiger partial charge in [0.25, 0.3) is 0 Å². The fourth-order valence-corrected chi connectivity index (χ4v) is 2.55. The summed E-state index contributed by atoms with van der Waals surface area (Å²) in [6.45, 7) is 8.44. The normalized spacial score (nSPS) is 27.2. The Morgan fingerprint density at radius 3 is 2.88 bits per heavy atom. The molecule has 0 aromatic heterocycles. The third-order valence-electron chi connectivity index (χ3n) is 2.53. The second kappa shape index (κ2) is 5.57. The van der Waals surface area contributed by atoms with Gasteiger partial charge >= 0.3 is 0 Å². The van der Waals surface area contributed by atoms with E-state index in [0.717, 1.165) is 17.3 Å². The molecule has 0 saturated carbocycles. The molecule has 1 rings (SSSR count). The molecule has 1 amide bonds. The van der Waals surface area contributed by atoms with Crippen LogP contribution in [0.25, 0.3) is 0 Å². The molecule has 92 valence electrons. The number of hydrogen-bond donors (Lipinski definition) is 2. The highest BCUT2D eigenvalue weighted by atomic mass is 32.2. The van der Waals surface area contributed by atoms with E-state index in [1.165, 1.54) is 0 Å². The van der Waals surface area contributed by atoms with Gasteiger partial charge in [-0.3, -0.25) is 9.79 Å². The Bertz CT molecular complexity index is 291. The number of aliphatic imine (C=N–C) groups is 1. The molecule has 1 unspecified atom stereocenters. The maximum absolute atomic E-state index is 11.4. The molecule has 1 fully saturated rings. The Hall–Kier alpha value is -0.710. The van der Waals surface area contributed by atoms with Crippen LogP contribution in [0.4, 0.5) is 0 Å². The average molecular weight is 243 g/mol. The quantitative estimate of drug-likeness (QED) is 0.784. The highest BCUT2D eigenvalue weighted by molar-refractivity contribution is 8.14. The summed E-state index contributed by atoms with van der Waals surface area (Å²) in [5.41, 5.74) is 0.137. The molecule has 5 heteroatoms. The van der Waals surface area contributed by atoms with E-state index in [1.807, 2.05) is 13.8 Å². The fraction of sp³-hybridized carbons (Fsp3) is 0.818. The lowest BCUT2D eigenvalue weighted by Gasteiger charge is -2.20. The van der Waals surface area contributed by atoms with Crippen molar-refractivity contribution in [3.8, 4) is 0 Å². The molecule has 4 nitrogen and oxygen atoms in total. The molecule has 0 aromatic carbocycles. The first-order valence-electron chi connectivity index (χ1n) is 5.70. The van der Waals surface area contributed by atoms with Crippen LogP contribution in [-0.2, 0) is 4.79 Å². The van der Waals surface area contributed by atoms with Crippen LogP contribution in [0.2, 0.25) is 0 Å². The molecule has 0 aliphatic carbocycles. The number of carbonyl (C=O) groups excluding carboxylic acids is 1. The second-order valence-corrected chi connectivity index (χ2v) is 5.64. The van der Waals surface area contributed by atoms with E-state index < -0.39 is 0 Å². The van der Waals surface area contributed by atoms with Crippen molar-refractivity contribution in [2.24, 2.45) is 4.99 Å². The summed E-state index contributed by atoms with van der Waals surface area (Å²) >= 11 is 1.69. The number of thioether (sulfide) groups is 1. The molecule has 1 aliphatic rings. The van der Waals surface area contributed by atoms with Crippen molar-refractivity contribution in [1.82, 2.24) is 10.6 Å². The summed E-state index contributed by atoms with van der Waals surface area (Å²) in [7, 11) is 0. The maximum Gasteiger partial charge on any atom is 0.241 e. The Balaban J connectivity index is 2.40. The molecule has 1 atom stereocenters. The van der Waals surface area contributed by atoms with Crippen molar-refractivity contribution in [2.75, 3.05) is 12.3 Å².